The number of hydrogen-bond donors (Lipinski definition) is 1. The van der Waals surface area contributed by atoms with Crippen LogP contribution in [0.2, 0.25) is 5.02 Å². The topological polar surface area (TPSA) is 48.5 Å². The Kier molecular flexibility index (Phi) is 6.88. The van der Waals surface area contributed by atoms with E-state index in [-0.39, 0.29) is 12.5 Å². The Bertz CT molecular complexity index is 879. The van der Waals surface area contributed by atoms with E-state index >= 15 is 0 Å². The molecular formula is C21H24ClF3N4O. The molecule has 1 aliphatic heterocycles. The van der Waals surface area contributed by atoms with E-state index in [0.717, 1.165) is 29.8 Å². The quantitative estimate of drug-likeness (QED) is 0.759. The van der Waals surface area contributed by atoms with Crippen molar-refractivity contribution in [1.82, 2.24) is 9.88 Å². The average molecular weight is 441 g/mol. The number of benzene rings is 1. The molecule has 0 unspecified atom stereocenters. The summed E-state index contributed by atoms with van der Waals surface area (Å²) in [5.74, 6) is 0.362. The Morgan fingerprint density at radius 2 is 1.93 bits per heavy atom. The molecule has 0 spiro atoms. The van der Waals surface area contributed by atoms with Crippen LogP contribution >= 0.6 is 11.6 Å². The molecule has 2 aromatic rings. The van der Waals surface area contributed by atoms with Crippen molar-refractivity contribution in [2.45, 2.75) is 26.4 Å². The molecule has 1 N–H and O–H groups in total. The van der Waals surface area contributed by atoms with E-state index < -0.39 is 11.7 Å². The molecule has 1 saturated heterocycles. The van der Waals surface area contributed by atoms with Gasteiger partial charge in [0, 0.05) is 32.4 Å². The van der Waals surface area contributed by atoms with Crippen LogP contribution in [0.15, 0.2) is 30.5 Å². The first kappa shape index (κ1) is 22.4. The van der Waals surface area contributed by atoms with Crippen LogP contribution in [0.4, 0.5) is 24.7 Å². The van der Waals surface area contributed by atoms with Gasteiger partial charge < -0.3 is 10.2 Å². The number of nitrogens with zero attached hydrogens (tertiary/aromatic N) is 3. The number of alkyl halides is 3. The second-order valence-electron chi connectivity index (χ2n) is 7.51. The number of nitrogens with one attached hydrogen (secondary N) is 1. The lowest BCUT2D eigenvalue weighted by Crippen LogP contribution is -2.36. The lowest BCUT2D eigenvalue weighted by atomic mass is 10.1. The first-order valence-electron chi connectivity index (χ1n) is 9.70. The molecule has 9 heteroatoms. The van der Waals surface area contributed by atoms with E-state index in [1.54, 1.807) is 0 Å². The summed E-state index contributed by atoms with van der Waals surface area (Å²) in [4.78, 5) is 20.5. The summed E-state index contributed by atoms with van der Waals surface area (Å²) in [6.07, 6.45) is -2.76. The van der Waals surface area contributed by atoms with Crippen molar-refractivity contribution in [1.29, 1.82) is 0 Å². The van der Waals surface area contributed by atoms with Crippen molar-refractivity contribution in [3.05, 3.63) is 52.2 Å². The van der Waals surface area contributed by atoms with Gasteiger partial charge in [0.05, 0.1) is 22.8 Å². The van der Waals surface area contributed by atoms with Gasteiger partial charge in [-0.1, -0.05) is 17.7 Å². The summed E-state index contributed by atoms with van der Waals surface area (Å²) in [7, 11) is 0. The van der Waals surface area contributed by atoms with Crippen molar-refractivity contribution >= 4 is 29.0 Å². The van der Waals surface area contributed by atoms with E-state index in [9.17, 15) is 18.0 Å². The minimum atomic E-state index is -4.40. The maximum Gasteiger partial charge on any atom is 0.417 e. The van der Waals surface area contributed by atoms with Gasteiger partial charge in [-0.2, -0.15) is 13.2 Å². The normalized spacial score (nSPS) is 15.7. The molecule has 1 amide bonds. The molecule has 1 fully saturated rings. The number of hydrogen-bond acceptors (Lipinski definition) is 4. The molecule has 1 aromatic carbocycles. The number of aromatic nitrogens is 1. The van der Waals surface area contributed by atoms with Crippen molar-refractivity contribution in [2.75, 3.05) is 42.9 Å². The van der Waals surface area contributed by atoms with Crippen molar-refractivity contribution in [2.24, 2.45) is 0 Å². The first-order chi connectivity index (χ1) is 14.1. The van der Waals surface area contributed by atoms with Crippen LogP contribution in [0.5, 0.6) is 0 Å². The lowest BCUT2D eigenvalue weighted by Gasteiger charge is -2.23. The number of aryl methyl sites for hydroxylation is 2. The van der Waals surface area contributed by atoms with Gasteiger partial charge >= 0.3 is 6.18 Å². The second-order valence-corrected chi connectivity index (χ2v) is 7.91. The molecule has 30 heavy (non-hydrogen) atoms. The van der Waals surface area contributed by atoms with Crippen molar-refractivity contribution in [3.63, 3.8) is 0 Å². The van der Waals surface area contributed by atoms with Crippen LogP contribution in [0.25, 0.3) is 0 Å². The zero-order chi connectivity index (χ0) is 21.9. The number of amides is 1. The van der Waals surface area contributed by atoms with Gasteiger partial charge in [0.15, 0.2) is 0 Å². The Balaban J connectivity index is 1.57. The Labute approximate surface area is 178 Å². The molecule has 5 nitrogen and oxygen atoms in total. The summed E-state index contributed by atoms with van der Waals surface area (Å²) >= 11 is 6.26. The monoisotopic (exact) mass is 440 g/mol. The van der Waals surface area contributed by atoms with E-state index in [2.05, 4.69) is 10.3 Å². The maximum absolute atomic E-state index is 12.7. The fraction of sp³-hybridized carbons (Fsp3) is 0.429. The first-order valence-corrected chi connectivity index (χ1v) is 10.1. The summed E-state index contributed by atoms with van der Waals surface area (Å²) in [6, 6.07) is 6.22. The third-order valence-corrected chi connectivity index (χ3v) is 5.35. The van der Waals surface area contributed by atoms with Crippen LogP contribution in [0.1, 0.15) is 23.1 Å². The maximum atomic E-state index is 12.7. The van der Waals surface area contributed by atoms with Gasteiger partial charge in [0.1, 0.15) is 5.82 Å². The summed E-state index contributed by atoms with van der Waals surface area (Å²) in [6.45, 7) is 6.63. The molecule has 1 aromatic heterocycles. The molecule has 0 atom stereocenters. The molecule has 1 aliphatic rings. The van der Waals surface area contributed by atoms with E-state index in [1.165, 1.54) is 6.07 Å². The minimum Gasteiger partial charge on any atom is -0.355 e. The van der Waals surface area contributed by atoms with Gasteiger partial charge in [-0.05, 0) is 49.6 Å². The van der Waals surface area contributed by atoms with Crippen molar-refractivity contribution < 1.29 is 18.0 Å². The van der Waals surface area contributed by atoms with Crippen LogP contribution in [-0.2, 0) is 11.0 Å². The standard InChI is InChI=1S/C21H24ClF3N4O/c1-14-10-15(2)20(17(22)11-14)27-19(30)13-28-6-3-7-29(9-8-28)18-5-4-16(12-26-18)21(23,24)25/h4-5,10-12H,3,6-9,13H2,1-2H3,(H,27,30). The third kappa shape index (κ3) is 5.64. The molecule has 3 rings (SSSR count). The number of carbonyl (C=O) groups excluding carboxylic acids is 1. The van der Waals surface area contributed by atoms with E-state index in [4.69, 9.17) is 11.6 Å². The number of rotatable bonds is 4. The van der Waals surface area contributed by atoms with Gasteiger partial charge in [-0.25, -0.2) is 4.98 Å². The molecule has 0 bridgehead atoms. The minimum absolute atomic E-state index is 0.148. The fourth-order valence-corrected chi connectivity index (χ4v) is 3.92. The smallest absolute Gasteiger partial charge is 0.355 e. The van der Waals surface area contributed by atoms with Crippen LogP contribution in [-0.4, -0.2) is 48.5 Å². The van der Waals surface area contributed by atoms with Crippen LogP contribution in [0, 0.1) is 13.8 Å². The highest BCUT2D eigenvalue weighted by atomic mass is 35.5. The predicted octanol–water partition coefficient (Wildman–Crippen LogP) is 4.52. The van der Waals surface area contributed by atoms with Gasteiger partial charge in [0.2, 0.25) is 5.91 Å². The Morgan fingerprint density at radius 3 is 2.57 bits per heavy atom. The number of carbonyl (C=O) groups is 1. The predicted molar refractivity (Wildman–Crippen MR) is 112 cm³/mol. The lowest BCUT2D eigenvalue weighted by molar-refractivity contribution is -0.137. The molecule has 2 heterocycles. The van der Waals surface area contributed by atoms with Gasteiger partial charge in [-0.3, -0.25) is 9.69 Å². The average Bonchev–Trinajstić information content (AvgIpc) is 2.89. The number of halogens is 4. The summed E-state index contributed by atoms with van der Waals surface area (Å²) < 4.78 is 38.2. The fourth-order valence-electron chi connectivity index (χ4n) is 3.56. The van der Waals surface area contributed by atoms with Crippen LogP contribution in [0.3, 0.4) is 0 Å². The van der Waals surface area contributed by atoms with Crippen molar-refractivity contribution in [3.8, 4) is 0 Å². The summed E-state index contributed by atoms with van der Waals surface area (Å²) in [5.41, 5.74) is 1.80. The van der Waals surface area contributed by atoms with E-state index in [1.807, 2.05) is 35.8 Å². The van der Waals surface area contributed by atoms with Gasteiger partial charge in [0.25, 0.3) is 0 Å². The zero-order valence-electron chi connectivity index (χ0n) is 16.9. The molecule has 0 saturated carbocycles. The molecule has 162 valence electrons. The molecule has 0 aliphatic carbocycles. The summed E-state index contributed by atoms with van der Waals surface area (Å²) in [5, 5.41) is 3.40. The van der Waals surface area contributed by atoms with Gasteiger partial charge in [-0.15, -0.1) is 0 Å². The van der Waals surface area contributed by atoms with Crippen LogP contribution < -0.4 is 10.2 Å². The highest BCUT2D eigenvalue weighted by molar-refractivity contribution is 6.34. The highest BCUT2D eigenvalue weighted by Crippen LogP contribution is 2.30. The Hall–Kier alpha value is -2.32. The second kappa shape index (κ2) is 9.22. The van der Waals surface area contributed by atoms with E-state index in [0.29, 0.717) is 42.7 Å². The Morgan fingerprint density at radius 1 is 1.17 bits per heavy atom. The number of anilines is 2. The highest BCUT2D eigenvalue weighted by Gasteiger charge is 2.31. The third-order valence-electron chi connectivity index (χ3n) is 5.05. The molecule has 0 radical (unpaired) electrons. The largest absolute Gasteiger partial charge is 0.417 e. The molecular weight excluding hydrogens is 417 g/mol. The number of pyridine rings is 1. The zero-order valence-corrected chi connectivity index (χ0v) is 17.6. The SMILES string of the molecule is Cc1cc(C)c(NC(=O)CN2CCCN(c3ccc(C(F)(F)F)cn3)CC2)c(Cl)c1.